The molecule has 0 amide bonds. The standard InChI is InChI=1S/C12H14O2/c1-2-3-4-5-6-7-8-9-10-11-12(13)14/h2-10H,1,11H2,(H,13,14)/b4-3-,6-5+,8-7-,10-9+. The van der Waals surface area contributed by atoms with E-state index in [0.717, 1.165) is 0 Å². The van der Waals surface area contributed by atoms with Crippen LogP contribution in [0.4, 0.5) is 0 Å². The molecule has 0 aromatic rings. The van der Waals surface area contributed by atoms with Gasteiger partial charge in [-0.3, -0.25) is 4.79 Å². The number of carbonyl (C=O) groups is 1. The van der Waals surface area contributed by atoms with Crippen molar-refractivity contribution in [3.05, 3.63) is 61.3 Å². The monoisotopic (exact) mass is 190 g/mol. The maximum atomic E-state index is 10.1. The van der Waals surface area contributed by atoms with Crippen LogP contribution in [-0.2, 0) is 4.79 Å². The summed E-state index contributed by atoms with van der Waals surface area (Å²) < 4.78 is 0. The molecule has 0 unspecified atom stereocenters. The summed E-state index contributed by atoms with van der Waals surface area (Å²) in [4.78, 5) is 10.1. The van der Waals surface area contributed by atoms with Gasteiger partial charge in [0, 0.05) is 0 Å². The third-order valence-electron chi connectivity index (χ3n) is 1.23. The van der Waals surface area contributed by atoms with Gasteiger partial charge in [0.15, 0.2) is 0 Å². The fourth-order valence-electron chi connectivity index (χ4n) is 0.647. The molecule has 0 radical (unpaired) electrons. The highest BCUT2D eigenvalue weighted by Crippen LogP contribution is 1.85. The Morgan fingerprint density at radius 1 is 1.00 bits per heavy atom. The van der Waals surface area contributed by atoms with E-state index in [4.69, 9.17) is 5.11 Å². The van der Waals surface area contributed by atoms with E-state index in [2.05, 4.69) is 6.58 Å². The molecule has 0 rings (SSSR count). The third kappa shape index (κ3) is 10.2. The minimum absolute atomic E-state index is 0.0599. The van der Waals surface area contributed by atoms with Gasteiger partial charge in [0.05, 0.1) is 6.42 Å². The van der Waals surface area contributed by atoms with Crippen molar-refractivity contribution in [2.75, 3.05) is 0 Å². The van der Waals surface area contributed by atoms with E-state index in [1.807, 2.05) is 30.4 Å². The Balaban J connectivity index is 3.67. The first-order valence-corrected chi connectivity index (χ1v) is 4.26. The minimum Gasteiger partial charge on any atom is -0.481 e. The van der Waals surface area contributed by atoms with Gasteiger partial charge in [-0.05, 0) is 0 Å². The second kappa shape index (κ2) is 9.26. The van der Waals surface area contributed by atoms with E-state index in [1.54, 1.807) is 24.3 Å². The second-order valence-electron chi connectivity index (χ2n) is 2.42. The lowest BCUT2D eigenvalue weighted by Crippen LogP contribution is -1.89. The van der Waals surface area contributed by atoms with Gasteiger partial charge in [0.1, 0.15) is 0 Å². The van der Waals surface area contributed by atoms with Gasteiger partial charge in [-0.15, -0.1) is 0 Å². The van der Waals surface area contributed by atoms with E-state index in [-0.39, 0.29) is 6.42 Å². The summed E-state index contributed by atoms with van der Waals surface area (Å²) in [6, 6.07) is 0. The highest BCUT2D eigenvalue weighted by atomic mass is 16.4. The molecule has 0 aromatic heterocycles. The minimum atomic E-state index is -0.820. The lowest BCUT2D eigenvalue weighted by molar-refractivity contribution is -0.135. The van der Waals surface area contributed by atoms with Crippen LogP contribution in [0, 0.1) is 0 Å². The molecule has 0 aromatic carbocycles. The molecule has 74 valence electrons. The molecule has 0 bridgehead atoms. The summed E-state index contributed by atoms with van der Waals surface area (Å²) in [5.41, 5.74) is 0. The van der Waals surface area contributed by atoms with Gasteiger partial charge >= 0.3 is 5.97 Å². The molecular formula is C12H14O2. The maximum Gasteiger partial charge on any atom is 0.307 e. The van der Waals surface area contributed by atoms with Crippen molar-refractivity contribution in [2.24, 2.45) is 0 Å². The molecule has 0 aliphatic rings. The maximum absolute atomic E-state index is 10.1. The molecular weight excluding hydrogens is 176 g/mol. The highest BCUT2D eigenvalue weighted by molar-refractivity contribution is 5.68. The number of rotatable bonds is 6. The Morgan fingerprint density at radius 3 is 2.00 bits per heavy atom. The van der Waals surface area contributed by atoms with Crippen LogP contribution in [0.2, 0.25) is 0 Å². The average molecular weight is 190 g/mol. The van der Waals surface area contributed by atoms with Gasteiger partial charge in [-0.1, -0.05) is 61.3 Å². The van der Waals surface area contributed by atoms with Crippen LogP contribution in [0.1, 0.15) is 6.42 Å². The third-order valence-corrected chi connectivity index (χ3v) is 1.23. The highest BCUT2D eigenvalue weighted by Gasteiger charge is 1.86. The lowest BCUT2D eigenvalue weighted by Gasteiger charge is -1.79. The summed E-state index contributed by atoms with van der Waals surface area (Å²) in [7, 11) is 0. The molecule has 2 nitrogen and oxygen atoms in total. The van der Waals surface area contributed by atoms with Crippen molar-refractivity contribution in [3.8, 4) is 0 Å². The first-order valence-electron chi connectivity index (χ1n) is 4.26. The Hall–Kier alpha value is -1.83. The SMILES string of the molecule is C=C\C=C/C=C/C=C\C=C\CC(=O)O. The van der Waals surface area contributed by atoms with Crippen molar-refractivity contribution in [2.45, 2.75) is 6.42 Å². The molecule has 0 fully saturated rings. The molecule has 14 heavy (non-hydrogen) atoms. The molecule has 0 saturated heterocycles. The van der Waals surface area contributed by atoms with E-state index in [9.17, 15) is 4.79 Å². The summed E-state index contributed by atoms with van der Waals surface area (Å²) >= 11 is 0. The molecule has 0 aliphatic heterocycles. The summed E-state index contributed by atoms with van der Waals surface area (Å²) in [5.74, 6) is -0.820. The second-order valence-corrected chi connectivity index (χ2v) is 2.42. The first-order chi connectivity index (χ1) is 6.77. The number of allylic oxidation sites excluding steroid dienone is 8. The Bertz CT molecular complexity index is 281. The Kier molecular flexibility index (Phi) is 8.05. The molecule has 1 N–H and O–H groups in total. The molecule has 0 aliphatic carbocycles. The predicted octanol–water partition coefficient (Wildman–Crippen LogP) is 2.87. The topological polar surface area (TPSA) is 37.3 Å². The van der Waals surface area contributed by atoms with Crippen LogP contribution >= 0.6 is 0 Å². The van der Waals surface area contributed by atoms with Crippen LogP contribution in [0.5, 0.6) is 0 Å². The largest absolute Gasteiger partial charge is 0.481 e. The molecule has 0 spiro atoms. The zero-order valence-corrected chi connectivity index (χ0v) is 7.97. The van der Waals surface area contributed by atoms with Crippen LogP contribution < -0.4 is 0 Å². The van der Waals surface area contributed by atoms with Gasteiger partial charge in [0.25, 0.3) is 0 Å². The zero-order chi connectivity index (χ0) is 10.6. The van der Waals surface area contributed by atoms with Crippen LogP contribution in [0.25, 0.3) is 0 Å². The fourth-order valence-corrected chi connectivity index (χ4v) is 0.647. The van der Waals surface area contributed by atoms with E-state index in [1.165, 1.54) is 0 Å². The van der Waals surface area contributed by atoms with Crippen molar-refractivity contribution in [3.63, 3.8) is 0 Å². The van der Waals surface area contributed by atoms with Crippen LogP contribution in [-0.4, -0.2) is 11.1 Å². The van der Waals surface area contributed by atoms with E-state index >= 15 is 0 Å². The number of hydrogen-bond acceptors (Lipinski definition) is 1. The average Bonchev–Trinajstić information content (AvgIpc) is 2.15. The Morgan fingerprint density at radius 2 is 1.50 bits per heavy atom. The van der Waals surface area contributed by atoms with Crippen molar-refractivity contribution >= 4 is 5.97 Å². The first kappa shape index (κ1) is 12.2. The van der Waals surface area contributed by atoms with Gasteiger partial charge in [-0.25, -0.2) is 0 Å². The van der Waals surface area contributed by atoms with Crippen molar-refractivity contribution in [1.82, 2.24) is 0 Å². The van der Waals surface area contributed by atoms with Crippen LogP contribution in [0.3, 0.4) is 0 Å². The quantitative estimate of drug-likeness (QED) is 0.654. The number of carboxylic acid groups (broad SMARTS) is 1. The summed E-state index contributed by atoms with van der Waals surface area (Å²) in [6.45, 7) is 3.53. The molecule has 0 atom stereocenters. The fraction of sp³-hybridized carbons (Fsp3) is 0.0833. The lowest BCUT2D eigenvalue weighted by atomic mass is 10.3. The van der Waals surface area contributed by atoms with E-state index in [0.29, 0.717) is 0 Å². The predicted molar refractivity (Wildman–Crippen MR) is 59.0 cm³/mol. The van der Waals surface area contributed by atoms with E-state index < -0.39 is 5.97 Å². The Labute approximate surface area is 84.3 Å². The summed E-state index contributed by atoms with van der Waals surface area (Å²) in [5, 5.41) is 8.31. The molecule has 2 heteroatoms. The van der Waals surface area contributed by atoms with Gasteiger partial charge < -0.3 is 5.11 Å². The van der Waals surface area contributed by atoms with Gasteiger partial charge in [-0.2, -0.15) is 0 Å². The summed E-state index contributed by atoms with van der Waals surface area (Å²) in [6.07, 6.45) is 16.1. The van der Waals surface area contributed by atoms with Gasteiger partial charge in [0.2, 0.25) is 0 Å². The zero-order valence-electron chi connectivity index (χ0n) is 7.97. The smallest absolute Gasteiger partial charge is 0.307 e. The number of hydrogen-bond donors (Lipinski definition) is 1. The number of aliphatic carboxylic acids is 1. The van der Waals surface area contributed by atoms with Crippen molar-refractivity contribution < 1.29 is 9.90 Å². The van der Waals surface area contributed by atoms with Crippen molar-refractivity contribution in [1.29, 1.82) is 0 Å². The number of carboxylic acids is 1. The normalized spacial score (nSPS) is 12.3. The molecule has 0 heterocycles. The molecule has 0 saturated carbocycles. The van der Waals surface area contributed by atoms with Crippen LogP contribution in [0.15, 0.2) is 61.3 Å².